The first-order valence-electron chi connectivity index (χ1n) is 8.09. The second-order valence-corrected chi connectivity index (χ2v) is 5.97. The van der Waals surface area contributed by atoms with Crippen molar-refractivity contribution in [3.8, 4) is 5.75 Å². The lowest BCUT2D eigenvalue weighted by molar-refractivity contribution is -0.274. The fraction of sp³-hybridized carbons (Fsp3) is 0.263. The Morgan fingerprint density at radius 1 is 1.07 bits per heavy atom. The molecule has 2 atom stereocenters. The number of halogens is 3. The third-order valence-corrected chi connectivity index (χ3v) is 4.02. The number of carboxylic acids is 1. The number of anilines is 1. The zero-order valence-electron chi connectivity index (χ0n) is 14.4. The van der Waals surface area contributed by atoms with Crippen LogP contribution in [-0.4, -0.2) is 23.3 Å². The summed E-state index contributed by atoms with van der Waals surface area (Å²) in [5, 5.41) is 11.9. The molecule has 5 nitrogen and oxygen atoms in total. The van der Waals surface area contributed by atoms with Crippen molar-refractivity contribution in [1.82, 2.24) is 0 Å². The van der Waals surface area contributed by atoms with Crippen LogP contribution in [0.1, 0.15) is 24.8 Å². The number of benzene rings is 2. The fourth-order valence-corrected chi connectivity index (χ4v) is 2.62. The highest BCUT2D eigenvalue weighted by Gasteiger charge is 2.31. The van der Waals surface area contributed by atoms with Crippen molar-refractivity contribution in [2.75, 3.05) is 5.32 Å². The van der Waals surface area contributed by atoms with Crippen molar-refractivity contribution in [2.45, 2.75) is 25.6 Å². The molecule has 0 bridgehead atoms. The van der Waals surface area contributed by atoms with Crippen LogP contribution in [0.25, 0.3) is 0 Å². The van der Waals surface area contributed by atoms with Gasteiger partial charge in [0.25, 0.3) is 0 Å². The second kappa shape index (κ2) is 8.57. The average Bonchev–Trinajstić information content (AvgIpc) is 2.60. The minimum Gasteiger partial charge on any atom is -0.481 e. The van der Waals surface area contributed by atoms with E-state index in [0.29, 0.717) is 0 Å². The molecule has 0 aliphatic carbocycles. The van der Waals surface area contributed by atoms with Crippen molar-refractivity contribution < 1.29 is 32.6 Å². The molecule has 144 valence electrons. The van der Waals surface area contributed by atoms with Gasteiger partial charge in [-0.05, 0) is 35.7 Å². The third-order valence-electron chi connectivity index (χ3n) is 4.02. The monoisotopic (exact) mass is 381 g/mol. The number of amides is 1. The van der Waals surface area contributed by atoms with Gasteiger partial charge in [0.05, 0.1) is 5.92 Å². The van der Waals surface area contributed by atoms with Crippen molar-refractivity contribution in [1.29, 1.82) is 0 Å². The van der Waals surface area contributed by atoms with Crippen LogP contribution in [0.4, 0.5) is 18.9 Å². The summed E-state index contributed by atoms with van der Waals surface area (Å²) in [5.41, 5.74) is 1.04. The smallest absolute Gasteiger partial charge is 0.481 e. The number of hydrogen-bond acceptors (Lipinski definition) is 3. The molecule has 0 aliphatic heterocycles. The molecule has 0 radical (unpaired) electrons. The standard InChI is InChI=1S/C19H18F3NO4/c1-12(13-5-3-2-4-6-13)16(18(25)26)11-17(24)23-14-7-9-15(10-8-14)27-19(20,21)22/h2-10,12,16H,11H2,1H3,(H,23,24)(H,25,26)/t12-,16-/m1/s1. The van der Waals surface area contributed by atoms with E-state index in [9.17, 15) is 27.9 Å². The van der Waals surface area contributed by atoms with Gasteiger partial charge in [-0.1, -0.05) is 37.3 Å². The van der Waals surface area contributed by atoms with Gasteiger partial charge in [0.15, 0.2) is 0 Å². The normalized spacial score (nSPS) is 13.5. The predicted molar refractivity (Wildman–Crippen MR) is 92.4 cm³/mol. The molecule has 0 saturated carbocycles. The van der Waals surface area contributed by atoms with Gasteiger partial charge in [0, 0.05) is 12.1 Å². The Morgan fingerprint density at radius 2 is 1.67 bits per heavy atom. The van der Waals surface area contributed by atoms with Crippen LogP contribution < -0.4 is 10.1 Å². The molecule has 0 unspecified atom stereocenters. The second-order valence-electron chi connectivity index (χ2n) is 5.97. The number of alkyl halides is 3. The number of aliphatic carboxylic acids is 1. The molecule has 0 saturated heterocycles. The number of nitrogens with one attached hydrogen (secondary N) is 1. The van der Waals surface area contributed by atoms with Crippen LogP contribution in [0.5, 0.6) is 5.75 Å². The van der Waals surface area contributed by atoms with Crippen LogP contribution in [0, 0.1) is 5.92 Å². The summed E-state index contributed by atoms with van der Waals surface area (Å²) in [4.78, 5) is 23.8. The Bertz CT molecular complexity index is 776. The number of ether oxygens (including phenoxy) is 1. The van der Waals surface area contributed by atoms with E-state index in [2.05, 4.69) is 10.1 Å². The number of carboxylic acid groups (broad SMARTS) is 1. The highest BCUT2D eigenvalue weighted by molar-refractivity contribution is 5.93. The van der Waals surface area contributed by atoms with Gasteiger partial charge < -0.3 is 15.2 Å². The molecule has 2 aromatic rings. The minimum absolute atomic E-state index is 0.242. The van der Waals surface area contributed by atoms with Crippen molar-refractivity contribution in [2.24, 2.45) is 5.92 Å². The third kappa shape index (κ3) is 6.32. The highest BCUT2D eigenvalue weighted by Crippen LogP contribution is 2.28. The quantitative estimate of drug-likeness (QED) is 0.745. The van der Waals surface area contributed by atoms with Crippen LogP contribution in [0.15, 0.2) is 54.6 Å². The number of rotatable bonds is 7. The molecule has 2 N–H and O–H groups in total. The van der Waals surface area contributed by atoms with E-state index in [4.69, 9.17) is 0 Å². The zero-order valence-corrected chi connectivity index (χ0v) is 14.4. The summed E-state index contributed by atoms with van der Waals surface area (Å²) < 4.78 is 40.2. The van der Waals surface area contributed by atoms with Crippen LogP contribution in [0.3, 0.4) is 0 Å². The summed E-state index contributed by atoms with van der Waals surface area (Å²) in [5.74, 6) is -3.40. The maximum atomic E-state index is 12.2. The van der Waals surface area contributed by atoms with Gasteiger partial charge in [-0.3, -0.25) is 9.59 Å². The lowest BCUT2D eigenvalue weighted by atomic mass is 9.85. The molecular weight excluding hydrogens is 363 g/mol. The first kappa shape index (κ1) is 20.3. The molecule has 27 heavy (non-hydrogen) atoms. The first-order chi connectivity index (χ1) is 12.7. The molecular formula is C19H18F3NO4. The number of carbonyl (C=O) groups is 2. The van der Waals surface area contributed by atoms with Crippen molar-refractivity contribution in [3.05, 3.63) is 60.2 Å². The highest BCUT2D eigenvalue weighted by atomic mass is 19.4. The molecule has 2 aromatic carbocycles. The summed E-state index contributed by atoms with van der Waals surface area (Å²) in [6.07, 6.45) is -5.07. The van der Waals surface area contributed by atoms with Crippen LogP contribution in [0.2, 0.25) is 0 Å². The summed E-state index contributed by atoms with van der Waals surface area (Å²) >= 11 is 0. The molecule has 0 heterocycles. The number of hydrogen-bond donors (Lipinski definition) is 2. The van der Waals surface area contributed by atoms with Crippen LogP contribution >= 0.6 is 0 Å². The summed E-state index contributed by atoms with van der Waals surface area (Å²) in [7, 11) is 0. The van der Waals surface area contributed by atoms with Gasteiger partial charge >= 0.3 is 12.3 Å². The summed E-state index contributed by atoms with van der Waals surface area (Å²) in [6.45, 7) is 1.73. The van der Waals surface area contributed by atoms with Crippen LogP contribution in [-0.2, 0) is 9.59 Å². The average molecular weight is 381 g/mol. The van der Waals surface area contributed by atoms with E-state index >= 15 is 0 Å². The zero-order chi connectivity index (χ0) is 20.0. The fourth-order valence-electron chi connectivity index (χ4n) is 2.62. The molecule has 0 aromatic heterocycles. The Morgan fingerprint density at radius 3 is 2.19 bits per heavy atom. The Balaban J connectivity index is 2.01. The van der Waals surface area contributed by atoms with Gasteiger partial charge in [-0.25, -0.2) is 0 Å². The van der Waals surface area contributed by atoms with Crippen molar-refractivity contribution >= 4 is 17.6 Å². The maximum absolute atomic E-state index is 12.2. The molecule has 0 aliphatic rings. The van der Waals surface area contributed by atoms with Gasteiger partial charge in [0.1, 0.15) is 5.75 Å². The van der Waals surface area contributed by atoms with Crippen molar-refractivity contribution in [3.63, 3.8) is 0 Å². The first-order valence-corrected chi connectivity index (χ1v) is 8.09. The van der Waals surface area contributed by atoms with E-state index < -0.39 is 35.8 Å². The minimum atomic E-state index is -4.80. The molecule has 0 fully saturated rings. The van der Waals surface area contributed by atoms with E-state index in [1.54, 1.807) is 31.2 Å². The molecule has 0 spiro atoms. The Hall–Kier alpha value is -3.03. The number of carbonyl (C=O) groups excluding carboxylic acids is 1. The topological polar surface area (TPSA) is 75.6 Å². The Labute approximate surface area is 153 Å². The molecule has 1 amide bonds. The SMILES string of the molecule is C[C@H](c1ccccc1)[C@@H](CC(=O)Nc1ccc(OC(F)(F)F)cc1)C(=O)O. The van der Waals surface area contributed by atoms with E-state index in [0.717, 1.165) is 17.7 Å². The molecule has 2 rings (SSSR count). The maximum Gasteiger partial charge on any atom is 0.573 e. The predicted octanol–water partition coefficient (Wildman–Crippen LogP) is 4.42. The van der Waals surface area contributed by atoms with E-state index in [1.807, 2.05) is 6.07 Å². The lowest BCUT2D eigenvalue weighted by Crippen LogP contribution is -2.26. The van der Waals surface area contributed by atoms with Gasteiger partial charge in [-0.15, -0.1) is 13.2 Å². The molecule has 8 heteroatoms. The lowest BCUT2D eigenvalue weighted by Gasteiger charge is -2.20. The van der Waals surface area contributed by atoms with Gasteiger partial charge in [0.2, 0.25) is 5.91 Å². The Kier molecular flexibility index (Phi) is 6.44. The largest absolute Gasteiger partial charge is 0.573 e. The van der Waals surface area contributed by atoms with Gasteiger partial charge in [-0.2, -0.15) is 0 Å². The summed E-state index contributed by atoms with van der Waals surface area (Å²) in [6, 6.07) is 13.6. The van der Waals surface area contributed by atoms with E-state index in [-0.39, 0.29) is 12.1 Å². The van der Waals surface area contributed by atoms with E-state index in [1.165, 1.54) is 12.1 Å².